The molecule has 1 spiro atoms. The Bertz CT molecular complexity index is 921. The van der Waals surface area contributed by atoms with Crippen molar-refractivity contribution in [1.82, 2.24) is 10.2 Å². The first-order chi connectivity index (χ1) is 14.3. The number of hydrogen-bond donors (Lipinski definition) is 4. The van der Waals surface area contributed by atoms with E-state index in [1.807, 2.05) is 13.1 Å². The Morgan fingerprint density at radius 2 is 2.13 bits per heavy atom. The maximum Gasteiger partial charge on any atom is 0.329 e. The molecule has 0 radical (unpaired) electrons. The summed E-state index contributed by atoms with van der Waals surface area (Å²) in [5.41, 5.74) is 0.241. The van der Waals surface area contributed by atoms with Crippen molar-refractivity contribution < 1.29 is 34.4 Å². The number of amides is 1. The lowest BCUT2D eigenvalue weighted by molar-refractivity contribution is -0.187. The zero-order valence-corrected chi connectivity index (χ0v) is 16.8. The van der Waals surface area contributed by atoms with Gasteiger partial charge in [0.15, 0.2) is 11.5 Å². The highest BCUT2D eigenvalue weighted by atomic mass is 16.5. The molecule has 1 amide bonds. The molecule has 4 N–H and O–H groups in total. The highest BCUT2D eigenvalue weighted by Crippen LogP contribution is 2.65. The van der Waals surface area contributed by atoms with Crippen molar-refractivity contribution in [2.75, 3.05) is 26.8 Å². The Kier molecular flexibility index (Phi) is 4.29. The monoisotopic (exact) mass is 418 g/mol. The lowest BCUT2D eigenvalue weighted by Crippen LogP contribution is -2.77. The number of aromatic hydroxyl groups is 1. The Morgan fingerprint density at radius 3 is 2.90 bits per heavy atom. The van der Waals surface area contributed by atoms with Crippen LogP contribution in [0.5, 0.6) is 11.5 Å². The average molecular weight is 418 g/mol. The minimum Gasteiger partial charge on any atom is -0.504 e. The van der Waals surface area contributed by atoms with Gasteiger partial charge in [-0.3, -0.25) is 4.79 Å². The molecule has 1 aromatic rings. The topological polar surface area (TPSA) is 129 Å². The highest BCUT2D eigenvalue weighted by Gasteiger charge is 2.72. The van der Waals surface area contributed by atoms with Crippen molar-refractivity contribution >= 4 is 11.9 Å². The molecule has 1 aromatic carbocycles. The number of phenols is 1. The SMILES string of the molecule is CN1CC[C@]23c4c5ccc(O)c4O[C@H]2[C@@H](NC(=O)COCC(=O)O)CC[C@@]3(O)[C@H]1C5. The minimum absolute atomic E-state index is 0.0483. The normalized spacial score (nSPS) is 36.0. The summed E-state index contributed by atoms with van der Waals surface area (Å²) in [6.07, 6.45) is 1.84. The number of piperidine rings is 1. The van der Waals surface area contributed by atoms with Crippen molar-refractivity contribution in [3.8, 4) is 11.5 Å². The second-order valence-corrected chi connectivity index (χ2v) is 8.93. The van der Waals surface area contributed by atoms with Crippen molar-refractivity contribution in [1.29, 1.82) is 0 Å². The zero-order chi connectivity index (χ0) is 21.3. The van der Waals surface area contributed by atoms with Gasteiger partial charge in [-0.25, -0.2) is 4.79 Å². The van der Waals surface area contributed by atoms with E-state index in [0.717, 1.165) is 17.7 Å². The summed E-state index contributed by atoms with van der Waals surface area (Å²) in [5, 5.41) is 34.1. The molecule has 2 aliphatic heterocycles. The number of aliphatic carboxylic acids is 1. The van der Waals surface area contributed by atoms with Gasteiger partial charge in [-0.1, -0.05) is 6.07 Å². The van der Waals surface area contributed by atoms with Crippen molar-refractivity contribution in [2.24, 2.45) is 0 Å². The summed E-state index contributed by atoms with van der Waals surface area (Å²) in [7, 11) is 2.03. The predicted octanol–water partition coefficient (Wildman–Crippen LogP) is -0.238. The fraction of sp³-hybridized carbons (Fsp3) is 0.619. The molecule has 2 bridgehead atoms. The number of likely N-dealkylation sites (tertiary alicyclic amines) is 1. The number of phenolic OH excluding ortho intramolecular Hbond substituents is 1. The van der Waals surface area contributed by atoms with E-state index in [4.69, 9.17) is 14.6 Å². The van der Waals surface area contributed by atoms with Crippen molar-refractivity contribution in [3.63, 3.8) is 0 Å². The van der Waals surface area contributed by atoms with Crippen LogP contribution in [-0.2, 0) is 26.2 Å². The first-order valence-electron chi connectivity index (χ1n) is 10.3. The molecule has 5 rings (SSSR count). The summed E-state index contributed by atoms with van der Waals surface area (Å²) in [6, 6.07) is 3.11. The number of carboxylic acid groups (broad SMARTS) is 1. The van der Waals surface area contributed by atoms with Crippen LogP contribution in [0.3, 0.4) is 0 Å². The van der Waals surface area contributed by atoms with E-state index in [0.29, 0.717) is 31.4 Å². The van der Waals surface area contributed by atoms with E-state index < -0.39 is 35.6 Å². The smallest absolute Gasteiger partial charge is 0.329 e. The molecule has 2 aliphatic carbocycles. The van der Waals surface area contributed by atoms with Crippen LogP contribution in [0.2, 0.25) is 0 Å². The van der Waals surface area contributed by atoms with Gasteiger partial charge in [-0.15, -0.1) is 0 Å². The summed E-state index contributed by atoms with van der Waals surface area (Å²) in [4.78, 5) is 25.2. The van der Waals surface area contributed by atoms with E-state index in [-0.39, 0.29) is 24.4 Å². The molecular formula is C21H26N2O7. The zero-order valence-electron chi connectivity index (χ0n) is 16.8. The van der Waals surface area contributed by atoms with Gasteiger partial charge in [-0.05, 0) is 50.9 Å². The number of nitrogens with zero attached hydrogens (tertiary/aromatic N) is 1. The number of carbonyl (C=O) groups is 2. The van der Waals surface area contributed by atoms with Gasteiger partial charge in [-0.2, -0.15) is 0 Å². The largest absolute Gasteiger partial charge is 0.504 e. The van der Waals surface area contributed by atoms with Crippen LogP contribution in [0.4, 0.5) is 0 Å². The van der Waals surface area contributed by atoms with E-state index in [2.05, 4.69) is 10.2 Å². The molecule has 162 valence electrons. The summed E-state index contributed by atoms with van der Waals surface area (Å²) in [5.74, 6) is -1.09. The van der Waals surface area contributed by atoms with Gasteiger partial charge in [0, 0.05) is 11.6 Å². The molecular weight excluding hydrogens is 392 g/mol. The summed E-state index contributed by atoms with van der Waals surface area (Å²) >= 11 is 0. The van der Waals surface area contributed by atoms with Crippen LogP contribution >= 0.6 is 0 Å². The lowest BCUT2D eigenvalue weighted by atomic mass is 9.48. The fourth-order valence-electron chi connectivity index (χ4n) is 6.38. The van der Waals surface area contributed by atoms with Crippen LogP contribution in [0.25, 0.3) is 0 Å². The number of hydrogen-bond acceptors (Lipinski definition) is 7. The minimum atomic E-state index is -1.14. The molecule has 1 saturated carbocycles. The van der Waals surface area contributed by atoms with E-state index in [1.165, 1.54) is 0 Å². The molecule has 0 unspecified atom stereocenters. The molecule has 0 aromatic heterocycles. The number of likely N-dealkylation sites (N-methyl/N-ethyl adjacent to an activating group) is 1. The van der Waals surface area contributed by atoms with Gasteiger partial charge >= 0.3 is 5.97 Å². The maximum absolute atomic E-state index is 12.4. The molecule has 4 aliphatic rings. The number of nitrogens with one attached hydrogen (secondary N) is 1. The third-order valence-corrected chi connectivity index (χ3v) is 7.53. The van der Waals surface area contributed by atoms with Crippen LogP contribution in [0.1, 0.15) is 30.4 Å². The fourth-order valence-corrected chi connectivity index (χ4v) is 6.38. The van der Waals surface area contributed by atoms with Crippen LogP contribution in [-0.4, -0.2) is 82.7 Å². The molecule has 5 atom stereocenters. The first-order valence-corrected chi connectivity index (χ1v) is 10.3. The maximum atomic E-state index is 12.4. The standard InChI is InChI=1S/C21H26N2O7/c1-23-7-6-20-17-11-2-3-13(24)18(17)30-19(20)12(4-5-21(20,28)14(23)8-11)22-15(25)9-29-10-16(26)27/h2-3,12,14,19,24,28H,4-10H2,1H3,(H,22,25)(H,26,27)/t12-,14+,19-,20-,21+/m0/s1. The van der Waals surface area contributed by atoms with E-state index in [9.17, 15) is 19.8 Å². The molecule has 9 heteroatoms. The number of rotatable bonds is 5. The van der Waals surface area contributed by atoms with Gasteiger partial charge in [0.25, 0.3) is 0 Å². The van der Waals surface area contributed by atoms with Crippen molar-refractivity contribution in [2.45, 2.75) is 54.9 Å². The third kappa shape index (κ3) is 2.45. The summed E-state index contributed by atoms with van der Waals surface area (Å²) < 4.78 is 11.2. The van der Waals surface area contributed by atoms with Crippen LogP contribution in [0, 0.1) is 0 Å². The Balaban J connectivity index is 1.50. The molecule has 9 nitrogen and oxygen atoms in total. The third-order valence-electron chi connectivity index (χ3n) is 7.53. The molecule has 2 fully saturated rings. The second-order valence-electron chi connectivity index (χ2n) is 8.93. The number of aliphatic hydroxyl groups is 1. The molecule has 1 saturated heterocycles. The molecule has 30 heavy (non-hydrogen) atoms. The van der Waals surface area contributed by atoms with Crippen LogP contribution < -0.4 is 10.1 Å². The molecule has 2 heterocycles. The Labute approximate surface area is 173 Å². The van der Waals surface area contributed by atoms with Gasteiger partial charge < -0.3 is 35.0 Å². The summed E-state index contributed by atoms with van der Waals surface area (Å²) in [6.45, 7) is -0.121. The average Bonchev–Trinajstić information content (AvgIpc) is 3.04. The van der Waals surface area contributed by atoms with Gasteiger partial charge in [0.1, 0.15) is 19.3 Å². The lowest BCUT2D eigenvalue weighted by Gasteiger charge is -2.63. The Morgan fingerprint density at radius 1 is 1.33 bits per heavy atom. The number of carbonyl (C=O) groups excluding carboxylic acids is 1. The first kappa shape index (κ1) is 19.6. The number of benzene rings is 1. The number of carboxylic acids is 1. The highest BCUT2D eigenvalue weighted by molar-refractivity contribution is 5.78. The number of ether oxygens (including phenoxy) is 2. The van der Waals surface area contributed by atoms with E-state index in [1.54, 1.807) is 6.07 Å². The second kappa shape index (κ2) is 6.57. The van der Waals surface area contributed by atoms with Gasteiger partial charge in [0.2, 0.25) is 5.91 Å². The van der Waals surface area contributed by atoms with Crippen molar-refractivity contribution in [3.05, 3.63) is 23.3 Å². The van der Waals surface area contributed by atoms with Crippen LogP contribution in [0.15, 0.2) is 12.1 Å². The quantitative estimate of drug-likeness (QED) is 0.516. The van der Waals surface area contributed by atoms with Gasteiger partial charge in [0.05, 0.1) is 17.1 Å². The Hall–Kier alpha value is -2.36. The predicted molar refractivity (Wildman–Crippen MR) is 104 cm³/mol. The van der Waals surface area contributed by atoms with E-state index >= 15 is 0 Å².